The molecule has 0 spiro atoms. The van der Waals surface area contributed by atoms with Gasteiger partial charge in [0.05, 0.1) is 0 Å². The molecule has 0 aliphatic rings. The normalized spacial score (nSPS) is 11.3. The monoisotopic (exact) mass is 280 g/mol. The molecule has 7 heteroatoms. The molecular formula is C12H12N2O4S. The summed E-state index contributed by atoms with van der Waals surface area (Å²) in [4.78, 5) is 15.4. The quantitative estimate of drug-likeness (QED) is 0.918. The second kappa shape index (κ2) is 4.85. The van der Waals surface area contributed by atoms with Crippen LogP contribution in [0, 0.1) is 13.8 Å². The van der Waals surface area contributed by atoms with E-state index in [0.29, 0.717) is 5.76 Å². The molecule has 0 fully saturated rings. The van der Waals surface area contributed by atoms with Gasteiger partial charge in [-0.25, -0.2) is 9.71 Å². The van der Waals surface area contributed by atoms with Crippen molar-refractivity contribution in [1.29, 1.82) is 0 Å². The molecule has 0 saturated heterocycles. The zero-order chi connectivity index (χ0) is 14.0. The highest BCUT2D eigenvalue weighted by Gasteiger charge is 2.21. The number of carbonyl (C=O) groups excluding carboxylic acids is 1. The standard InChI is InChI=1S/C12H12N2O4S/c1-8-5-6-13-11(7-8)19(16,17)14-12(15)10-4-3-9(2)18-10/h3-7H,1-2H3,(H,14,15). The number of pyridine rings is 1. The van der Waals surface area contributed by atoms with Crippen molar-refractivity contribution in [2.45, 2.75) is 18.9 Å². The number of hydrogen-bond donors (Lipinski definition) is 1. The van der Waals surface area contributed by atoms with Crippen LogP contribution in [0.25, 0.3) is 0 Å². The lowest BCUT2D eigenvalue weighted by molar-refractivity contribution is 0.0953. The summed E-state index contributed by atoms with van der Waals surface area (Å²) in [5.41, 5.74) is 0.733. The average Bonchev–Trinajstić information content (AvgIpc) is 2.75. The summed E-state index contributed by atoms with van der Waals surface area (Å²) >= 11 is 0. The maximum atomic E-state index is 11.9. The van der Waals surface area contributed by atoms with Crippen molar-refractivity contribution in [2.24, 2.45) is 0 Å². The number of rotatable bonds is 3. The van der Waals surface area contributed by atoms with E-state index < -0.39 is 15.9 Å². The fourth-order valence-corrected chi connectivity index (χ4v) is 2.43. The summed E-state index contributed by atoms with van der Waals surface area (Å²) in [6, 6.07) is 6.02. The molecule has 2 aromatic rings. The van der Waals surface area contributed by atoms with Crippen molar-refractivity contribution in [1.82, 2.24) is 9.71 Å². The van der Waals surface area contributed by atoms with Crippen LogP contribution >= 0.6 is 0 Å². The maximum Gasteiger partial charge on any atom is 0.300 e. The third-order valence-corrected chi connectivity index (χ3v) is 3.58. The van der Waals surface area contributed by atoms with Gasteiger partial charge in [0.15, 0.2) is 10.8 Å². The first-order chi connectivity index (χ1) is 8.88. The van der Waals surface area contributed by atoms with E-state index in [0.717, 1.165) is 5.56 Å². The van der Waals surface area contributed by atoms with E-state index in [1.54, 1.807) is 26.0 Å². The molecule has 0 saturated carbocycles. The van der Waals surface area contributed by atoms with Gasteiger partial charge in [-0.05, 0) is 43.7 Å². The van der Waals surface area contributed by atoms with Gasteiger partial charge in [0.2, 0.25) is 0 Å². The van der Waals surface area contributed by atoms with Gasteiger partial charge in [0.25, 0.3) is 10.0 Å². The van der Waals surface area contributed by atoms with Crippen LogP contribution in [0.4, 0.5) is 0 Å². The lowest BCUT2D eigenvalue weighted by Crippen LogP contribution is -2.30. The molecule has 0 aliphatic heterocycles. The predicted octanol–water partition coefficient (Wildman–Crippen LogP) is 1.41. The summed E-state index contributed by atoms with van der Waals surface area (Å²) in [6.45, 7) is 3.39. The van der Waals surface area contributed by atoms with Gasteiger partial charge < -0.3 is 4.42 Å². The highest BCUT2D eigenvalue weighted by molar-refractivity contribution is 7.90. The summed E-state index contributed by atoms with van der Waals surface area (Å²) in [5, 5.41) is -0.205. The minimum atomic E-state index is -3.99. The zero-order valence-corrected chi connectivity index (χ0v) is 11.2. The highest BCUT2D eigenvalue weighted by atomic mass is 32.2. The Morgan fingerprint density at radius 1 is 1.26 bits per heavy atom. The molecule has 0 atom stereocenters. The second-order valence-corrected chi connectivity index (χ2v) is 5.65. The zero-order valence-electron chi connectivity index (χ0n) is 10.4. The van der Waals surface area contributed by atoms with Crippen LogP contribution < -0.4 is 4.72 Å². The number of sulfonamides is 1. The number of nitrogens with zero attached hydrogens (tertiary/aromatic N) is 1. The first kappa shape index (κ1) is 13.3. The van der Waals surface area contributed by atoms with Gasteiger partial charge in [-0.2, -0.15) is 8.42 Å². The van der Waals surface area contributed by atoms with E-state index in [1.807, 2.05) is 4.72 Å². The number of hydrogen-bond acceptors (Lipinski definition) is 5. The molecule has 0 aliphatic carbocycles. The van der Waals surface area contributed by atoms with E-state index in [2.05, 4.69) is 4.98 Å². The SMILES string of the molecule is Cc1ccnc(S(=O)(=O)NC(=O)c2ccc(C)o2)c1. The molecule has 0 radical (unpaired) electrons. The molecule has 6 nitrogen and oxygen atoms in total. The summed E-state index contributed by atoms with van der Waals surface area (Å²) in [7, 11) is -3.99. The van der Waals surface area contributed by atoms with E-state index in [-0.39, 0.29) is 10.8 Å². The van der Waals surface area contributed by atoms with Crippen molar-refractivity contribution < 1.29 is 17.6 Å². The largest absolute Gasteiger partial charge is 0.456 e. The Morgan fingerprint density at radius 2 is 2.00 bits per heavy atom. The lowest BCUT2D eigenvalue weighted by Gasteiger charge is -2.05. The predicted molar refractivity (Wildman–Crippen MR) is 67.1 cm³/mol. The van der Waals surface area contributed by atoms with Gasteiger partial charge in [-0.15, -0.1) is 0 Å². The Hall–Kier alpha value is -2.15. The number of aromatic nitrogens is 1. The van der Waals surface area contributed by atoms with Crippen molar-refractivity contribution in [2.75, 3.05) is 0 Å². The Balaban J connectivity index is 2.25. The third-order valence-electron chi connectivity index (χ3n) is 2.36. The fourth-order valence-electron chi connectivity index (χ4n) is 1.44. The molecular weight excluding hydrogens is 268 g/mol. The first-order valence-electron chi connectivity index (χ1n) is 5.45. The number of aryl methyl sites for hydroxylation is 2. The molecule has 2 aromatic heterocycles. The van der Waals surface area contributed by atoms with Gasteiger partial charge in [0.1, 0.15) is 5.76 Å². The van der Waals surface area contributed by atoms with Gasteiger partial charge in [-0.1, -0.05) is 0 Å². The van der Waals surface area contributed by atoms with E-state index >= 15 is 0 Å². The molecule has 0 bridgehead atoms. The summed E-state index contributed by atoms with van der Waals surface area (Å²) in [6.07, 6.45) is 1.37. The second-order valence-electron chi connectivity index (χ2n) is 4.02. The topological polar surface area (TPSA) is 89.3 Å². The van der Waals surface area contributed by atoms with Crippen LogP contribution in [0.5, 0.6) is 0 Å². The lowest BCUT2D eigenvalue weighted by atomic mass is 10.3. The minimum Gasteiger partial charge on any atom is -0.456 e. The van der Waals surface area contributed by atoms with Gasteiger partial charge in [-0.3, -0.25) is 4.79 Å². The smallest absolute Gasteiger partial charge is 0.300 e. The van der Waals surface area contributed by atoms with Gasteiger partial charge in [0, 0.05) is 6.20 Å². The van der Waals surface area contributed by atoms with E-state index in [1.165, 1.54) is 18.3 Å². The van der Waals surface area contributed by atoms with E-state index in [4.69, 9.17) is 4.42 Å². The molecule has 2 heterocycles. The fraction of sp³-hybridized carbons (Fsp3) is 0.167. The number of carbonyl (C=O) groups is 1. The van der Waals surface area contributed by atoms with E-state index in [9.17, 15) is 13.2 Å². The Labute approximate surface area is 110 Å². The van der Waals surface area contributed by atoms with Crippen molar-refractivity contribution in [3.63, 3.8) is 0 Å². The summed E-state index contributed by atoms with van der Waals surface area (Å²) < 4.78 is 30.8. The third kappa shape index (κ3) is 3.00. The first-order valence-corrected chi connectivity index (χ1v) is 6.93. The van der Waals surface area contributed by atoms with Crippen LogP contribution in [-0.4, -0.2) is 19.3 Å². The van der Waals surface area contributed by atoms with Crippen molar-refractivity contribution in [3.8, 4) is 0 Å². The molecule has 0 aromatic carbocycles. The summed E-state index contributed by atoms with van der Waals surface area (Å²) in [5.74, 6) is -0.360. The maximum absolute atomic E-state index is 11.9. The molecule has 19 heavy (non-hydrogen) atoms. The van der Waals surface area contributed by atoms with Crippen LogP contribution in [0.3, 0.4) is 0 Å². The van der Waals surface area contributed by atoms with Crippen LogP contribution in [0.2, 0.25) is 0 Å². The van der Waals surface area contributed by atoms with Crippen LogP contribution in [-0.2, 0) is 10.0 Å². The number of nitrogens with one attached hydrogen (secondary N) is 1. The van der Waals surface area contributed by atoms with Gasteiger partial charge >= 0.3 is 5.91 Å². The van der Waals surface area contributed by atoms with Crippen LogP contribution in [0.1, 0.15) is 21.9 Å². The highest BCUT2D eigenvalue weighted by Crippen LogP contribution is 2.10. The minimum absolute atomic E-state index is 0.0614. The number of amides is 1. The molecule has 1 amide bonds. The van der Waals surface area contributed by atoms with Crippen molar-refractivity contribution in [3.05, 3.63) is 47.5 Å². The molecule has 0 unspecified atom stereocenters. The number of furan rings is 1. The molecule has 1 N–H and O–H groups in total. The van der Waals surface area contributed by atoms with Crippen LogP contribution in [0.15, 0.2) is 39.9 Å². The van der Waals surface area contributed by atoms with Crippen molar-refractivity contribution >= 4 is 15.9 Å². The molecule has 100 valence electrons. The Bertz CT molecular complexity index is 719. The Morgan fingerprint density at radius 3 is 2.58 bits per heavy atom. The molecule has 2 rings (SSSR count). The Kier molecular flexibility index (Phi) is 3.39. The average molecular weight is 280 g/mol.